The minimum Gasteiger partial charge on any atom is -0.297 e. The lowest BCUT2D eigenvalue weighted by molar-refractivity contribution is 0.102. The summed E-state index contributed by atoms with van der Waals surface area (Å²) in [5, 5.41) is 14.1. The van der Waals surface area contributed by atoms with Crippen molar-refractivity contribution in [2.45, 2.75) is 44.6 Å². The smallest absolute Gasteiger partial charge is 0.279 e. The summed E-state index contributed by atoms with van der Waals surface area (Å²) < 4.78 is 1.80. The molecule has 5 rings (SSSR count). The Morgan fingerprint density at radius 1 is 1.14 bits per heavy atom. The van der Waals surface area contributed by atoms with Gasteiger partial charge in [-0.1, -0.05) is 29.8 Å². The highest BCUT2D eigenvalue weighted by Crippen LogP contribution is 2.42. The van der Waals surface area contributed by atoms with Crippen molar-refractivity contribution < 1.29 is 4.79 Å². The second kappa shape index (κ2) is 8.04. The van der Waals surface area contributed by atoms with E-state index in [1.807, 2.05) is 35.7 Å². The minimum atomic E-state index is -0.229. The standard InChI is InChI=1S/C21H24N6OS/c28-20(23-21-22-16(14-29-21)13-26-11-5-2-6-12-26)18-19(15-9-10-15)27(25-24-18)17-7-3-1-4-8-17/h1,3-4,7-8,14-15H,2,5-6,9-13H2,(H,22,23,28). The number of aromatic nitrogens is 4. The van der Waals surface area contributed by atoms with Gasteiger partial charge in [0.1, 0.15) is 0 Å². The minimum absolute atomic E-state index is 0.229. The molecule has 3 heterocycles. The molecule has 7 nitrogen and oxygen atoms in total. The Morgan fingerprint density at radius 2 is 1.93 bits per heavy atom. The maximum atomic E-state index is 12.9. The van der Waals surface area contributed by atoms with Crippen LogP contribution >= 0.6 is 11.3 Å². The first-order valence-corrected chi connectivity index (χ1v) is 11.1. The number of benzene rings is 1. The summed E-state index contributed by atoms with van der Waals surface area (Å²) in [6, 6.07) is 9.86. The zero-order chi connectivity index (χ0) is 19.6. The molecule has 150 valence electrons. The summed E-state index contributed by atoms with van der Waals surface area (Å²) >= 11 is 1.47. The van der Waals surface area contributed by atoms with Crippen molar-refractivity contribution in [1.82, 2.24) is 24.9 Å². The van der Waals surface area contributed by atoms with Gasteiger partial charge in [-0.2, -0.15) is 0 Å². The normalized spacial score (nSPS) is 17.4. The molecule has 0 radical (unpaired) electrons. The van der Waals surface area contributed by atoms with Crippen molar-refractivity contribution in [3.63, 3.8) is 0 Å². The van der Waals surface area contributed by atoms with Crippen molar-refractivity contribution in [2.24, 2.45) is 0 Å². The molecule has 1 N–H and O–H groups in total. The van der Waals surface area contributed by atoms with Gasteiger partial charge in [0.15, 0.2) is 10.8 Å². The third kappa shape index (κ3) is 4.09. The zero-order valence-electron chi connectivity index (χ0n) is 16.3. The van der Waals surface area contributed by atoms with Crippen LogP contribution < -0.4 is 5.32 Å². The molecule has 2 aliphatic rings. The summed E-state index contributed by atoms with van der Waals surface area (Å²) in [4.78, 5) is 20.0. The molecule has 1 aliphatic carbocycles. The number of hydrogen-bond donors (Lipinski definition) is 1. The Bertz CT molecular complexity index is 988. The second-order valence-electron chi connectivity index (χ2n) is 7.78. The van der Waals surface area contributed by atoms with Crippen molar-refractivity contribution in [2.75, 3.05) is 18.4 Å². The van der Waals surface area contributed by atoms with E-state index in [0.29, 0.717) is 16.7 Å². The molecular formula is C21H24N6OS. The Morgan fingerprint density at radius 3 is 2.69 bits per heavy atom. The number of para-hydroxylation sites is 1. The van der Waals surface area contributed by atoms with Gasteiger partial charge in [0.25, 0.3) is 5.91 Å². The summed E-state index contributed by atoms with van der Waals surface area (Å²) in [5.41, 5.74) is 3.25. The number of hydrogen-bond acceptors (Lipinski definition) is 6. The van der Waals surface area contributed by atoms with E-state index in [1.54, 1.807) is 4.68 Å². The fraction of sp³-hybridized carbons (Fsp3) is 0.429. The van der Waals surface area contributed by atoms with Gasteiger partial charge in [0.05, 0.1) is 17.1 Å². The molecule has 0 unspecified atom stereocenters. The van der Waals surface area contributed by atoms with Crippen LogP contribution in [0.3, 0.4) is 0 Å². The first-order chi connectivity index (χ1) is 14.3. The number of nitrogens with zero attached hydrogens (tertiary/aromatic N) is 5. The van der Waals surface area contributed by atoms with Crippen molar-refractivity contribution in [1.29, 1.82) is 0 Å². The van der Waals surface area contributed by atoms with E-state index in [9.17, 15) is 4.79 Å². The molecule has 2 fully saturated rings. The van der Waals surface area contributed by atoms with E-state index in [-0.39, 0.29) is 5.91 Å². The molecule has 29 heavy (non-hydrogen) atoms. The van der Waals surface area contributed by atoms with Crippen LogP contribution in [-0.2, 0) is 6.54 Å². The molecule has 0 atom stereocenters. The quantitative estimate of drug-likeness (QED) is 0.671. The van der Waals surface area contributed by atoms with E-state index in [2.05, 4.69) is 25.5 Å². The van der Waals surface area contributed by atoms with E-state index in [4.69, 9.17) is 0 Å². The summed E-state index contributed by atoms with van der Waals surface area (Å²) in [6.45, 7) is 3.11. The number of carbonyl (C=O) groups excluding carboxylic acids is 1. The zero-order valence-corrected chi connectivity index (χ0v) is 17.1. The van der Waals surface area contributed by atoms with Crippen LogP contribution in [0.5, 0.6) is 0 Å². The summed E-state index contributed by atoms with van der Waals surface area (Å²) in [5.74, 6) is 0.116. The van der Waals surface area contributed by atoms with Crippen LogP contribution in [-0.4, -0.2) is 43.9 Å². The SMILES string of the molecule is O=C(Nc1nc(CN2CCCCC2)cs1)c1nnn(-c2ccccc2)c1C1CC1. The maximum absolute atomic E-state index is 12.9. The largest absolute Gasteiger partial charge is 0.297 e. The highest BCUT2D eigenvalue weighted by Gasteiger charge is 2.34. The fourth-order valence-corrected chi connectivity index (χ4v) is 4.57. The Kier molecular flexibility index (Phi) is 5.12. The average Bonchev–Trinajstić information content (AvgIpc) is 3.34. The third-order valence-corrected chi connectivity index (χ3v) is 6.30. The van der Waals surface area contributed by atoms with Gasteiger partial charge in [-0.3, -0.25) is 15.0 Å². The Labute approximate surface area is 173 Å². The topological polar surface area (TPSA) is 75.9 Å². The number of piperidine rings is 1. The van der Waals surface area contributed by atoms with Crippen LogP contribution in [0.4, 0.5) is 5.13 Å². The van der Waals surface area contributed by atoms with E-state index in [1.165, 1.54) is 30.6 Å². The molecule has 8 heteroatoms. The van der Waals surface area contributed by atoms with Crippen LogP contribution in [0.1, 0.15) is 59.9 Å². The Hall–Kier alpha value is -2.58. The second-order valence-corrected chi connectivity index (χ2v) is 8.64. The molecule has 1 amide bonds. The van der Waals surface area contributed by atoms with Gasteiger partial charge >= 0.3 is 0 Å². The molecule has 1 saturated carbocycles. The van der Waals surface area contributed by atoms with Gasteiger partial charge in [-0.05, 0) is 50.9 Å². The third-order valence-electron chi connectivity index (χ3n) is 5.49. The Balaban J connectivity index is 1.32. The number of nitrogens with one attached hydrogen (secondary N) is 1. The highest BCUT2D eigenvalue weighted by atomic mass is 32.1. The molecule has 2 aromatic heterocycles. The lowest BCUT2D eigenvalue weighted by Gasteiger charge is -2.25. The lowest BCUT2D eigenvalue weighted by atomic mass is 10.1. The predicted octanol–water partition coefficient (Wildman–Crippen LogP) is 3.84. The molecule has 3 aromatic rings. The molecule has 0 spiro atoms. The van der Waals surface area contributed by atoms with Crippen LogP contribution in [0.15, 0.2) is 35.7 Å². The van der Waals surface area contributed by atoms with Gasteiger partial charge in [0.2, 0.25) is 0 Å². The summed E-state index contributed by atoms with van der Waals surface area (Å²) in [7, 11) is 0. The molecular weight excluding hydrogens is 384 g/mol. The first-order valence-electron chi connectivity index (χ1n) is 10.3. The number of carbonyl (C=O) groups is 1. The van der Waals surface area contributed by atoms with Crippen molar-refractivity contribution in [3.8, 4) is 5.69 Å². The predicted molar refractivity (Wildman–Crippen MR) is 113 cm³/mol. The monoisotopic (exact) mass is 408 g/mol. The highest BCUT2D eigenvalue weighted by molar-refractivity contribution is 7.13. The van der Waals surface area contributed by atoms with Crippen LogP contribution in [0.2, 0.25) is 0 Å². The molecule has 1 aromatic carbocycles. The van der Waals surface area contributed by atoms with E-state index < -0.39 is 0 Å². The van der Waals surface area contributed by atoms with Gasteiger partial charge < -0.3 is 0 Å². The molecule has 0 bridgehead atoms. The average molecular weight is 409 g/mol. The number of anilines is 1. The fourth-order valence-electron chi connectivity index (χ4n) is 3.87. The van der Waals surface area contributed by atoms with Crippen LogP contribution in [0, 0.1) is 0 Å². The number of rotatable bonds is 6. The van der Waals surface area contributed by atoms with Crippen LogP contribution in [0.25, 0.3) is 5.69 Å². The number of likely N-dealkylation sites (tertiary alicyclic amines) is 1. The molecule has 1 saturated heterocycles. The van der Waals surface area contributed by atoms with E-state index in [0.717, 1.165) is 49.6 Å². The van der Waals surface area contributed by atoms with Gasteiger partial charge in [0, 0.05) is 17.8 Å². The van der Waals surface area contributed by atoms with Crippen molar-refractivity contribution in [3.05, 3.63) is 52.8 Å². The number of amides is 1. The number of thiazole rings is 1. The summed E-state index contributed by atoms with van der Waals surface area (Å²) in [6.07, 6.45) is 5.97. The van der Waals surface area contributed by atoms with E-state index >= 15 is 0 Å². The van der Waals surface area contributed by atoms with Gasteiger partial charge in [-0.15, -0.1) is 16.4 Å². The molecule has 1 aliphatic heterocycles. The van der Waals surface area contributed by atoms with Crippen molar-refractivity contribution >= 4 is 22.4 Å². The van der Waals surface area contributed by atoms with Gasteiger partial charge in [-0.25, -0.2) is 9.67 Å². The lowest BCUT2D eigenvalue weighted by Crippen LogP contribution is -2.29. The first kappa shape index (κ1) is 18.4. The maximum Gasteiger partial charge on any atom is 0.279 e.